The van der Waals surface area contributed by atoms with Gasteiger partial charge in [0.25, 0.3) is 5.91 Å². The minimum atomic E-state index is -0.933. The number of rotatable bonds is 4. The molecule has 2 amide bonds. The summed E-state index contributed by atoms with van der Waals surface area (Å²) < 4.78 is 5.47. The lowest BCUT2D eigenvalue weighted by atomic mass is 9.80. The second-order valence-electron chi connectivity index (χ2n) is 7.60. The third-order valence-electron chi connectivity index (χ3n) is 5.35. The predicted octanol–water partition coefficient (Wildman–Crippen LogP) is 1.63. The average molecular weight is 374 g/mol. The number of aliphatic carboxylic acids is 1. The van der Waals surface area contributed by atoms with Crippen molar-refractivity contribution in [1.29, 1.82) is 0 Å². The normalized spacial score (nSPS) is 25.9. The van der Waals surface area contributed by atoms with E-state index in [4.69, 9.17) is 9.84 Å². The van der Waals surface area contributed by atoms with E-state index >= 15 is 0 Å². The van der Waals surface area contributed by atoms with Crippen LogP contribution in [0.4, 0.5) is 0 Å². The van der Waals surface area contributed by atoms with Crippen LogP contribution in [0.3, 0.4) is 0 Å². The lowest BCUT2D eigenvalue weighted by Crippen LogP contribution is -2.56. The Morgan fingerprint density at radius 1 is 1.19 bits per heavy atom. The van der Waals surface area contributed by atoms with E-state index in [0.717, 1.165) is 6.42 Å². The van der Waals surface area contributed by atoms with Gasteiger partial charge in [-0.25, -0.2) is 0 Å². The minimum absolute atomic E-state index is 0.0215. The van der Waals surface area contributed by atoms with E-state index < -0.39 is 17.5 Å². The number of carboxylic acids is 1. The number of morpholine rings is 1. The number of nitrogens with zero attached hydrogens (tertiary/aromatic N) is 2. The van der Waals surface area contributed by atoms with Crippen molar-refractivity contribution >= 4 is 17.8 Å². The van der Waals surface area contributed by atoms with Gasteiger partial charge in [0.2, 0.25) is 5.91 Å². The topological polar surface area (TPSA) is 87.2 Å². The van der Waals surface area contributed by atoms with Crippen molar-refractivity contribution in [2.24, 2.45) is 5.41 Å². The van der Waals surface area contributed by atoms with Gasteiger partial charge in [-0.15, -0.1) is 0 Å². The third-order valence-corrected chi connectivity index (χ3v) is 5.35. The summed E-state index contributed by atoms with van der Waals surface area (Å²) in [4.78, 5) is 40.4. The Morgan fingerprint density at radius 2 is 1.93 bits per heavy atom. The fraction of sp³-hybridized carbons (Fsp3) is 0.550. The predicted molar refractivity (Wildman–Crippen MR) is 98.3 cm³/mol. The average Bonchev–Trinajstić information content (AvgIpc) is 2.67. The van der Waals surface area contributed by atoms with Crippen molar-refractivity contribution < 1.29 is 24.2 Å². The monoisotopic (exact) mass is 374 g/mol. The number of hydrogen-bond acceptors (Lipinski definition) is 4. The number of benzene rings is 1. The molecule has 0 aromatic heterocycles. The number of amides is 2. The molecule has 2 saturated heterocycles. The van der Waals surface area contributed by atoms with Crippen LogP contribution in [0.15, 0.2) is 30.3 Å². The molecule has 1 aromatic carbocycles. The zero-order valence-electron chi connectivity index (χ0n) is 15.6. The first-order chi connectivity index (χ1) is 12.9. The van der Waals surface area contributed by atoms with Gasteiger partial charge in [0.05, 0.1) is 24.5 Å². The lowest BCUT2D eigenvalue weighted by Gasteiger charge is -2.43. The molecule has 3 rings (SSSR count). The molecule has 2 aliphatic rings. The molecule has 2 unspecified atom stereocenters. The minimum Gasteiger partial charge on any atom is -0.481 e. The summed E-state index contributed by atoms with van der Waals surface area (Å²) in [6.45, 7) is 4.00. The Kier molecular flexibility index (Phi) is 5.79. The molecule has 0 radical (unpaired) electrons. The first-order valence-electron chi connectivity index (χ1n) is 9.36. The Morgan fingerprint density at radius 3 is 2.63 bits per heavy atom. The fourth-order valence-corrected chi connectivity index (χ4v) is 3.95. The molecule has 0 aliphatic carbocycles. The van der Waals surface area contributed by atoms with E-state index in [1.807, 2.05) is 25.1 Å². The molecule has 2 atom stereocenters. The summed E-state index contributed by atoms with van der Waals surface area (Å²) >= 11 is 0. The first kappa shape index (κ1) is 19.4. The number of likely N-dealkylation sites (tertiary alicyclic amines) is 1. The van der Waals surface area contributed by atoms with Crippen LogP contribution in [0, 0.1) is 5.41 Å². The number of piperidine rings is 1. The van der Waals surface area contributed by atoms with Crippen LogP contribution in [0.25, 0.3) is 0 Å². The van der Waals surface area contributed by atoms with Crippen LogP contribution < -0.4 is 0 Å². The molecule has 2 fully saturated rings. The van der Waals surface area contributed by atoms with Crippen LogP contribution in [0.5, 0.6) is 0 Å². The van der Waals surface area contributed by atoms with Gasteiger partial charge in [-0.3, -0.25) is 14.4 Å². The molecule has 2 heterocycles. The van der Waals surface area contributed by atoms with Crippen molar-refractivity contribution in [3.63, 3.8) is 0 Å². The molecule has 0 spiro atoms. The molecule has 1 aromatic rings. The van der Waals surface area contributed by atoms with E-state index in [2.05, 4.69) is 0 Å². The molecule has 2 aliphatic heterocycles. The molecular formula is C20H26N2O5. The van der Waals surface area contributed by atoms with Gasteiger partial charge in [-0.1, -0.05) is 18.2 Å². The number of carbonyl (C=O) groups is 3. The number of carbonyl (C=O) groups excluding carboxylic acids is 2. The van der Waals surface area contributed by atoms with Gasteiger partial charge in [0.15, 0.2) is 0 Å². The highest BCUT2D eigenvalue weighted by Gasteiger charge is 2.43. The van der Waals surface area contributed by atoms with E-state index in [-0.39, 0.29) is 24.8 Å². The molecule has 0 bridgehead atoms. The largest absolute Gasteiger partial charge is 0.481 e. The standard InChI is InChI=1S/C20H26N2O5/c1-20(19(26)21-10-11-27-16(13-21)12-17(23)24)8-5-9-22(14-20)18(25)15-6-3-2-4-7-15/h2-4,6-7,16H,5,8-14H2,1H3,(H,23,24). The van der Waals surface area contributed by atoms with Crippen molar-refractivity contribution in [2.75, 3.05) is 32.8 Å². The lowest BCUT2D eigenvalue weighted by molar-refractivity contribution is -0.155. The maximum Gasteiger partial charge on any atom is 0.306 e. The smallest absolute Gasteiger partial charge is 0.306 e. The van der Waals surface area contributed by atoms with Gasteiger partial charge in [0, 0.05) is 31.7 Å². The molecule has 7 heteroatoms. The van der Waals surface area contributed by atoms with Crippen LogP contribution >= 0.6 is 0 Å². The van der Waals surface area contributed by atoms with Crippen LogP contribution in [0.2, 0.25) is 0 Å². The SMILES string of the molecule is CC1(C(=O)N2CCOC(CC(=O)O)C2)CCCN(C(=O)c2ccccc2)C1. The van der Waals surface area contributed by atoms with E-state index in [1.54, 1.807) is 21.9 Å². The second-order valence-corrected chi connectivity index (χ2v) is 7.60. The molecule has 0 saturated carbocycles. The quantitative estimate of drug-likeness (QED) is 0.866. The Balaban J connectivity index is 1.68. The van der Waals surface area contributed by atoms with Gasteiger partial charge in [0.1, 0.15) is 0 Å². The Bertz CT molecular complexity index is 708. The number of carboxylic acid groups (broad SMARTS) is 1. The van der Waals surface area contributed by atoms with Crippen molar-refractivity contribution in [2.45, 2.75) is 32.3 Å². The maximum absolute atomic E-state index is 13.2. The summed E-state index contributed by atoms with van der Waals surface area (Å²) in [6, 6.07) is 9.10. The molecule has 146 valence electrons. The van der Waals surface area contributed by atoms with Crippen LogP contribution in [-0.4, -0.2) is 71.6 Å². The van der Waals surface area contributed by atoms with Crippen LogP contribution in [0.1, 0.15) is 36.5 Å². The zero-order chi connectivity index (χ0) is 19.4. The Labute approximate surface area is 158 Å². The zero-order valence-corrected chi connectivity index (χ0v) is 15.6. The van der Waals surface area contributed by atoms with Crippen LogP contribution in [-0.2, 0) is 14.3 Å². The molecule has 7 nitrogen and oxygen atoms in total. The van der Waals surface area contributed by atoms with Crippen molar-refractivity contribution in [3.8, 4) is 0 Å². The highest BCUT2D eigenvalue weighted by molar-refractivity contribution is 5.95. The second kappa shape index (κ2) is 8.08. The molecule has 1 N–H and O–H groups in total. The molecule has 27 heavy (non-hydrogen) atoms. The summed E-state index contributed by atoms with van der Waals surface area (Å²) in [7, 11) is 0. The first-order valence-corrected chi connectivity index (χ1v) is 9.36. The third kappa shape index (κ3) is 4.47. The summed E-state index contributed by atoms with van der Waals surface area (Å²) in [5.74, 6) is -1.01. The van der Waals surface area contributed by atoms with Gasteiger partial charge < -0.3 is 19.6 Å². The highest BCUT2D eigenvalue weighted by Crippen LogP contribution is 2.33. The summed E-state index contributed by atoms with van der Waals surface area (Å²) in [6.07, 6.45) is 0.892. The highest BCUT2D eigenvalue weighted by atomic mass is 16.5. The van der Waals surface area contributed by atoms with Crippen molar-refractivity contribution in [3.05, 3.63) is 35.9 Å². The number of ether oxygens (including phenoxy) is 1. The number of hydrogen-bond donors (Lipinski definition) is 1. The van der Waals surface area contributed by atoms with Gasteiger partial charge >= 0.3 is 5.97 Å². The van der Waals surface area contributed by atoms with E-state index in [1.165, 1.54) is 0 Å². The van der Waals surface area contributed by atoms with Crippen molar-refractivity contribution in [1.82, 2.24) is 9.80 Å². The van der Waals surface area contributed by atoms with E-state index in [9.17, 15) is 14.4 Å². The maximum atomic E-state index is 13.2. The van der Waals surface area contributed by atoms with Gasteiger partial charge in [-0.05, 0) is 31.9 Å². The summed E-state index contributed by atoms with van der Waals surface area (Å²) in [5.41, 5.74) is -0.0320. The Hall–Kier alpha value is -2.41. The summed E-state index contributed by atoms with van der Waals surface area (Å²) in [5, 5.41) is 8.97. The molecular weight excluding hydrogens is 348 g/mol. The fourth-order valence-electron chi connectivity index (χ4n) is 3.95. The van der Waals surface area contributed by atoms with E-state index in [0.29, 0.717) is 38.2 Å². The van der Waals surface area contributed by atoms with Gasteiger partial charge in [-0.2, -0.15) is 0 Å².